The quantitative estimate of drug-likeness (QED) is 0.727. The van der Waals surface area contributed by atoms with Gasteiger partial charge in [0.1, 0.15) is 0 Å². The molecule has 18 heavy (non-hydrogen) atoms. The first-order valence-corrected chi connectivity index (χ1v) is 6.90. The van der Waals surface area contributed by atoms with E-state index in [-0.39, 0.29) is 12.3 Å². The Hall–Kier alpha value is -0.930. The zero-order valence-electron chi connectivity index (χ0n) is 10.6. The van der Waals surface area contributed by atoms with Crippen molar-refractivity contribution in [2.75, 3.05) is 6.54 Å². The van der Waals surface area contributed by atoms with Gasteiger partial charge < -0.3 is 5.32 Å². The van der Waals surface area contributed by atoms with Crippen molar-refractivity contribution in [3.8, 4) is 0 Å². The maximum absolute atomic E-state index is 12.6. The van der Waals surface area contributed by atoms with Crippen LogP contribution in [0.4, 0.5) is 8.78 Å². The Labute approximate surface area is 107 Å². The standard InChI is InChI=1S/C14H21F2NO/c15-14(16)10-12(14)6-3-7-13(18)17-9-8-11-4-1-2-5-11/h3,7,11-12H,1-2,4-6,8-10H2,(H,17,18)/b7-3+. The molecule has 0 bridgehead atoms. The summed E-state index contributed by atoms with van der Waals surface area (Å²) in [5, 5.41) is 2.81. The lowest BCUT2D eigenvalue weighted by atomic mass is 10.0. The van der Waals surface area contributed by atoms with Crippen LogP contribution >= 0.6 is 0 Å². The Morgan fingerprint density at radius 2 is 2.00 bits per heavy atom. The van der Waals surface area contributed by atoms with Crippen molar-refractivity contribution in [1.82, 2.24) is 5.32 Å². The summed E-state index contributed by atoms with van der Waals surface area (Å²) in [6.07, 6.45) is 9.47. The minimum atomic E-state index is -2.48. The molecule has 0 saturated heterocycles. The molecule has 4 heteroatoms. The minimum absolute atomic E-state index is 0.0271. The third-order valence-electron chi connectivity index (χ3n) is 3.97. The Bertz CT molecular complexity index is 322. The van der Waals surface area contributed by atoms with Crippen molar-refractivity contribution in [3.05, 3.63) is 12.2 Å². The second-order valence-corrected chi connectivity index (χ2v) is 5.53. The van der Waals surface area contributed by atoms with Crippen LogP contribution in [-0.4, -0.2) is 18.4 Å². The number of amides is 1. The molecule has 2 aliphatic rings. The summed E-state index contributed by atoms with van der Waals surface area (Å²) in [6, 6.07) is 0. The van der Waals surface area contributed by atoms with Crippen molar-refractivity contribution in [1.29, 1.82) is 0 Å². The van der Waals surface area contributed by atoms with Crippen molar-refractivity contribution in [2.45, 2.75) is 50.9 Å². The van der Waals surface area contributed by atoms with Crippen LogP contribution in [-0.2, 0) is 4.79 Å². The van der Waals surface area contributed by atoms with E-state index in [0.717, 1.165) is 12.3 Å². The van der Waals surface area contributed by atoms with Crippen molar-refractivity contribution in [2.24, 2.45) is 11.8 Å². The molecule has 2 rings (SSSR count). The van der Waals surface area contributed by atoms with Gasteiger partial charge in [-0.05, 0) is 24.8 Å². The first-order chi connectivity index (χ1) is 8.58. The van der Waals surface area contributed by atoms with Crippen LogP contribution in [0.1, 0.15) is 44.9 Å². The van der Waals surface area contributed by atoms with Crippen LogP contribution in [0.15, 0.2) is 12.2 Å². The average molecular weight is 257 g/mol. The van der Waals surface area contributed by atoms with Crippen LogP contribution in [0.5, 0.6) is 0 Å². The highest BCUT2D eigenvalue weighted by molar-refractivity contribution is 5.87. The predicted octanol–water partition coefficient (Wildman–Crippen LogP) is 3.28. The molecule has 0 aromatic carbocycles. The lowest BCUT2D eigenvalue weighted by Gasteiger charge is -2.08. The van der Waals surface area contributed by atoms with Gasteiger partial charge in [-0.2, -0.15) is 0 Å². The number of alkyl halides is 2. The van der Waals surface area contributed by atoms with Crippen molar-refractivity contribution < 1.29 is 13.6 Å². The number of carbonyl (C=O) groups is 1. The number of carbonyl (C=O) groups excluding carboxylic acids is 1. The zero-order chi connectivity index (χ0) is 13.0. The third kappa shape index (κ3) is 4.07. The molecule has 2 nitrogen and oxygen atoms in total. The van der Waals surface area contributed by atoms with E-state index in [1.807, 2.05) is 0 Å². The zero-order valence-corrected chi connectivity index (χ0v) is 10.6. The van der Waals surface area contributed by atoms with Gasteiger partial charge >= 0.3 is 0 Å². The van der Waals surface area contributed by atoms with Gasteiger partial charge in [0.2, 0.25) is 5.91 Å². The number of nitrogens with one attached hydrogen (secondary N) is 1. The van der Waals surface area contributed by atoms with E-state index in [0.29, 0.717) is 13.0 Å². The number of hydrogen-bond acceptors (Lipinski definition) is 1. The maximum Gasteiger partial charge on any atom is 0.251 e. The highest BCUT2D eigenvalue weighted by Crippen LogP contribution is 2.50. The van der Waals surface area contributed by atoms with Gasteiger partial charge in [0.25, 0.3) is 5.92 Å². The summed E-state index contributed by atoms with van der Waals surface area (Å²) in [6.45, 7) is 0.702. The van der Waals surface area contributed by atoms with E-state index in [9.17, 15) is 13.6 Å². The summed E-state index contributed by atoms with van der Waals surface area (Å²) < 4.78 is 25.1. The van der Waals surface area contributed by atoms with E-state index in [1.54, 1.807) is 6.08 Å². The molecule has 102 valence electrons. The molecule has 0 radical (unpaired) electrons. The minimum Gasteiger partial charge on any atom is -0.353 e. The lowest BCUT2D eigenvalue weighted by Crippen LogP contribution is -2.23. The van der Waals surface area contributed by atoms with Gasteiger partial charge in [-0.1, -0.05) is 31.8 Å². The van der Waals surface area contributed by atoms with Gasteiger partial charge in [-0.25, -0.2) is 8.78 Å². The second-order valence-electron chi connectivity index (χ2n) is 5.53. The average Bonchev–Trinajstić information content (AvgIpc) is 2.75. The number of halogens is 2. The third-order valence-corrected chi connectivity index (χ3v) is 3.97. The first kappa shape index (κ1) is 13.5. The van der Waals surface area contributed by atoms with Crippen molar-refractivity contribution >= 4 is 5.91 Å². The highest BCUT2D eigenvalue weighted by atomic mass is 19.3. The fourth-order valence-corrected chi connectivity index (χ4v) is 2.62. The fourth-order valence-electron chi connectivity index (χ4n) is 2.62. The molecule has 1 amide bonds. The molecular weight excluding hydrogens is 236 g/mol. The lowest BCUT2D eigenvalue weighted by molar-refractivity contribution is -0.116. The van der Waals surface area contributed by atoms with Gasteiger partial charge in [-0.3, -0.25) is 4.79 Å². The largest absolute Gasteiger partial charge is 0.353 e. The number of hydrogen-bond donors (Lipinski definition) is 1. The second kappa shape index (κ2) is 5.81. The summed E-state index contributed by atoms with van der Waals surface area (Å²) in [5.41, 5.74) is 0. The summed E-state index contributed by atoms with van der Waals surface area (Å²) >= 11 is 0. The predicted molar refractivity (Wildman–Crippen MR) is 66.4 cm³/mol. The van der Waals surface area contributed by atoms with Gasteiger partial charge in [0.15, 0.2) is 0 Å². The fraction of sp³-hybridized carbons (Fsp3) is 0.786. The molecule has 0 spiro atoms. The Kier molecular flexibility index (Phi) is 4.36. The first-order valence-electron chi connectivity index (χ1n) is 6.90. The number of allylic oxidation sites excluding steroid dienone is 1. The topological polar surface area (TPSA) is 29.1 Å². The molecule has 0 aromatic heterocycles. The summed E-state index contributed by atoms with van der Waals surface area (Å²) in [5.74, 6) is -2.42. The van der Waals surface area contributed by atoms with E-state index in [1.165, 1.54) is 31.8 Å². The molecule has 0 aromatic rings. The molecule has 0 heterocycles. The SMILES string of the molecule is O=C(/C=C/CC1CC1(F)F)NCCC1CCCC1. The molecule has 1 atom stereocenters. The number of rotatable bonds is 6. The Morgan fingerprint density at radius 3 is 2.61 bits per heavy atom. The molecule has 0 aliphatic heterocycles. The molecule has 1 N–H and O–H groups in total. The molecule has 2 saturated carbocycles. The molecule has 1 unspecified atom stereocenters. The van der Waals surface area contributed by atoms with Crippen LogP contribution in [0.2, 0.25) is 0 Å². The van der Waals surface area contributed by atoms with Crippen LogP contribution in [0.25, 0.3) is 0 Å². The monoisotopic (exact) mass is 257 g/mol. The van der Waals surface area contributed by atoms with E-state index < -0.39 is 11.8 Å². The molecular formula is C14H21F2NO. The van der Waals surface area contributed by atoms with Gasteiger partial charge in [0.05, 0.1) is 0 Å². The Morgan fingerprint density at radius 1 is 1.33 bits per heavy atom. The normalized spacial score (nSPS) is 26.7. The summed E-state index contributed by atoms with van der Waals surface area (Å²) in [4.78, 5) is 11.4. The van der Waals surface area contributed by atoms with Crippen LogP contribution < -0.4 is 5.32 Å². The van der Waals surface area contributed by atoms with Crippen LogP contribution in [0, 0.1) is 11.8 Å². The van der Waals surface area contributed by atoms with E-state index >= 15 is 0 Å². The van der Waals surface area contributed by atoms with Gasteiger partial charge in [-0.15, -0.1) is 0 Å². The van der Waals surface area contributed by atoms with Crippen LogP contribution in [0.3, 0.4) is 0 Å². The van der Waals surface area contributed by atoms with Crippen molar-refractivity contribution in [3.63, 3.8) is 0 Å². The van der Waals surface area contributed by atoms with E-state index in [4.69, 9.17) is 0 Å². The molecule has 2 aliphatic carbocycles. The maximum atomic E-state index is 12.6. The van der Waals surface area contributed by atoms with Gasteiger partial charge in [0, 0.05) is 18.9 Å². The summed E-state index contributed by atoms with van der Waals surface area (Å²) in [7, 11) is 0. The Balaban J connectivity index is 1.53. The van der Waals surface area contributed by atoms with E-state index in [2.05, 4.69) is 5.32 Å². The molecule has 2 fully saturated rings. The smallest absolute Gasteiger partial charge is 0.251 e. The highest BCUT2D eigenvalue weighted by Gasteiger charge is 2.55.